The van der Waals surface area contributed by atoms with E-state index < -0.39 is 10.0 Å². The van der Waals surface area contributed by atoms with Crippen LogP contribution in [-0.4, -0.2) is 8.42 Å². The van der Waals surface area contributed by atoms with E-state index in [1.807, 2.05) is 19.1 Å². The fraction of sp³-hybridized carbons (Fsp3) is 0.250. The van der Waals surface area contributed by atoms with Crippen molar-refractivity contribution in [3.8, 4) is 0 Å². The van der Waals surface area contributed by atoms with E-state index in [0.29, 0.717) is 0 Å². The predicted octanol–water partition coefficient (Wildman–Crippen LogP) is 1.21. The fourth-order valence-corrected chi connectivity index (χ4v) is 1.75. The minimum atomic E-state index is -3.40. The third-order valence-corrected chi connectivity index (χ3v) is 2.33. The summed E-state index contributed by atoms with van der Waals surface area (Å²) in [6.07, 6.45) is 0. The topological polar surface area (TPSA) is 60.2 Å². The Morgan fingerprint density at radius 1 is 1.31 bits per heavy atom. The highest BCUT2D eigenvalue weighted by molar-refractivity contribution is 7.88. The lowest BCUT2D eigenvalue weighted by Crippen LogP contribution is -2.15. The molecule has 0 saturated heterocycles. The van der Waals surface area contributed by atoms with Crippen molar-refractivity contribution in [1.29, 1.82) is 0 Å². The molecule has 74 valence electrons. The van der Waals surface area contributed by atoms with Crippen LogP contribution in [0.1, 0.15) is 11.1 Å². The Bertz CT molecular complexity index is 375. The maximum absolute atomic E-state index is 10.7. The van der Waals surface area contributed by atoms with Crippen LogP contribution < -0.4 is 5.14 Å². The van der Waals surface area contributed by atoms with E-state index in [2.05, 4.69) is 0 Å². The summed E-state index contributed by atoms with van der Waals surface area (Å²) in [7, 11) is -3.40. The van der Waals surface area contributed by atoms with Crippen molar-refractivity contribution in [2.24, 2.45) is 5.14 Å². The van der Waals surface area contributed by atoms with Crippen molar-refractivity contribution in [3.05, 3.63) is 35.4 Å². The Labute approximate surface area is 84.4 Å². The Hall–Kier alpha value is -0.580. The highest BCUT2D eigenvalue weighted by Gasteiger charge is 2.05. The molecule has 0 unspecified atom stereocenters. The van der Waals surface area contributed by atoms with Gasteiger partial charge in [-0.3, -0.25) is 0 Å². The molecule has 0 saturated carbocycles. The van der Waals surface area contributed by atoms with Gasteiger partial charge in [0.2, 0.25) is 10.0 Å². The van der Waals surface area contributed by atoms with E-state index in [0.717, 1.165) is 11.1 Å². The maximum atomic E-state index is 10.7. The summed E-state index contributed by atoms with van der Waals surface area (Å²) in [4.78, 5) is 0. The van der Waals surface area contributed by atoms with Crippen LogP contribution in [0.2, 0.25) is 0 Å². The van der Waals surface area contributed by atoms with Gasteiger partial charge in [0.05, 0.1) is 5.75 Å². The van der Waals surface area contributed by atoms with Crippen LogP contribution in [0.15, 0.2) is 24.3 Å². The molecule has 0 amide bonds. The van der Waals surface area contributed by atoms with Crippen LogP contribution in [-0.2, 0) is 15.8 Å². The van der Waals surface area contributed by atoms with Gasteiger partial charge in [-0.15, -0.1) is 12.4 Å². The molecular formula is C8H12ClNO2S. The zero-order valence-electron chi connectivity index (χ0n) is 7.23. The lowest BCUT2D eigenvalue weighted by Gasteiger charge is -2.02. The molecule has 0 aliphatic rings. The molecule has 13 heavy (non-hydrogen) atoms. The van der Waals surface area contributed by atoms with Gasteiger partial charge >= 0.3 is 0 Å². The van der Waals surface area contributed by atoms with Gasteiger partial charge in [-0.25, -0.2) is 13.6 Å². The predicted molar refractivity (Wildman–Crippen MR) is 55.2 cm³/mol. The van der Waals surface area contributed by atoms with Gasteiger partial charge in [0, 0.05) is 0 Å². The smallest absolute Gasteiger partial charge is 0.213 e. The van der Waals surface area contributed by atoms with Crippen molar-refractivity contribution in [3.63, 3.8) is 0 Å². The number of aryl methyl sites for hydroxylation is 1. The van der Waals surface area contributed by atoms with Gasteiger partial charge in [-0.1, -0.05) is 24.3 Å². The number of halogens is 1. The van der Waals surface area contributed by atoms with Gasteiger partial charge in [0.25, 0.3) is 0 Å². The summed E-state index contributed by atoms with van der Waals surface area (Å²) < 4.78 is 21.5. The van der Waals surface area contributed by atoms with E-state index in [1.54, 1.807) is 12.1 Å². The zero-order valence-corrected chi connectivity index (χ0v) is 8.86. The standard InChI is InChI=1S/C8H11NO2S.ClH/c1-7-4-2-3-5-8(7)6-12(9,10)11;/h2-5H,6H2,1H3,(H2,9,10,11);1H. The monoisotopic (exact) mass is 221 g/mol. The normalized spacial score (nSPS) is 10.6. The number of primary sulfonamides is 1. The molecule has 0 atom stereocenters. The van der Waals surface area contributed by atoms with Crippen molar-refractivity contribution in [1.82, 2.24) is 0 Å². The SMILES string of the molecule is Cc1ccccc1CS(N)(=O)=O.Cl. The number of rotatable bonds is 2. The molecule has 1 aromatic carbocycles. The molecule has 3 nitrogen and oxygen atoms in total. The molecule has 0 radical (unpaired) electrons. The second-order valence-corrected chi connectivity index (χ2v) is 4.35. The maximum Gasteiger partial charge on any atom is 0.213 e. The van der Waals surface area contributed by atoms with Crippen LogP contribution in [0.4, 0.5) is 0 Å². The Balaban J connectivity index is 0.00000144. The molecule has 1 rings (SSSR count). The molecular weight excluding hydrogens is 210 g/mol. The lowest BCUT2D eigenvalue weighted by molar-refractivity contribution is 0.597. The fourth-order valence-electron chi connectivity index (χ4n) is 0.989. The van der Waals surface area contributed by atoms with E-state index in [9.17, 15) is 8.42 Å². The Morgan fingerprint density at radius 3 is 2.31 bits per heavy atom. The summed E-state index contributed by atoms with van der Waals surface area (Å²) >= 11 is 0. The summed E-state index contributed by atoms with van der Waals surface area (Å²) in [6.45, 7) is 1.86. The zero-order chi connectivity index (χ0) is 9.19. The summed E-state index contributed by atoms with van der Waals surface area (Å²) in [5.74, 6) is -0.0837. The van der Waals surface area contributed by atoms with E-state index >= 15 is 0 Å². The number of nitrogens with two attached hydrogens (primary N) is 1. The van der Waals surface area contributed by atoms with Crippen LogP contribution >= 0.6 is 12.4 Å². The second-order valence-electron chi connectivity index (χ2n) is 2.73. The molecule has 5 heteroatoms. The molecule has 2 N–H and O–H groups in total. The van der Waals surface area contributed by atoms with Crippen LogP contribution in [0, 0.1) is 6.92 Å². The minimum Gasteiger partial charge on any atom is -0.228 e. The second kappa shape index (κ2) is 4.60. The van der Waals surface area contributed by atoms with Crippen molar-refractivity contribution in [2.45, 2.75) is 12.7 Å². The number of sulfonamides is 1. The first-order valence-corrected chi connectivity index (χ1v) is 5.25. The first kappa shape index (κ1) is 12.4. The summed E-state index contributed by atoms with van der Waals surface area (Å²) in [5, 5.41) is 4.91. The van der Waals surface area contributed by atoms with Crippen LogP contribution in [0.25, 0.3) is 0 Å². The third kappa shape index (κ3) is 4.26. The molecule has 0 aliphatic carbocycles. The van der Waals surface area contributed by atoms with E-state index in [1.165, 1.54) is 0 Å². The molecule has 0 spiro atoms. The van der Waals surface area contributed by atoms with E-state index in [4.69, 9.17) is 5.14 Å². The average molecular weight is 222 g/mol. The van der Waals surface area contributed by atoms with Crippen molar-refractivity contribution >= 4 is 22.4 Å². The van der Waals surface area contributed by atoms with Crippen LogP contribution in [0.3, 0.4) is 0 Å². The largest absolute Gasteiger partial charge is 0.228 e. The highest BCUT2D eigenvalue weighted by Crippen LogP contribution is 2.08. The molecule has 0 aromatic heterocycles. The van der Waals surface area contributed by atoms with Gasteiger partial charge in [-0.2, -0.15) is 0 Å². The summed E-state index contributed by atoms with van der Waals surface area (Å²) in [6, 6.07) is 7.29. The lowest BCUT2D eigenvalue weighted by atomic mass is 10.1. The summed E-state index contributed by atoms with van der Waals surface area (Å²) in [5.41, 5.74) is 1.71. The highest BCUT2D eigenvalue weighted by atomic mass is 35.5. The van der Waals surface area contributed by atoms with Gasteiger partial charge < -0.3 is 0 Å². The minimum absolute atomic E-state index is 0. The first-order chi connectivity index (χ1) is 5.49. The Kier molecular flexibility index (Phi) is 4.39. The van der Waals surface area contributed by atoms with Crippen LogP contribution in [0.5, 0.6) is 0 Å². The van der Waals surface area contributed by atoms with Crippen molar-refractivity contribution in [2.75, 3.05) is 0 Å². The van der Waals surface area contributed by atoms with E-state index in [-0.39, 0.29) is 18.2 Å². The molecule has 0 aliphatic heterocycles. The average Bonchev–Trinajstić information content (AvgIpc) is 1.91. The number of hydrogen-bond acceptors (Lipinski definition) is 2. The number of hydrogen-bond donors (Lipinski definition) is 1. The van der Waals surface area contributed by atoms with Crippen molar-refractivity contribution < 1.29 is 8.42 Å². The molecule has 0 fully saturated rings. The van der Waals surface area contributed by atoms with Gasteiger partial charge in [0.15, 0.2) is 0 Å². The van der Waals surface area contributed by atoms with Gasteiger partial charge in [-0.05, 0) is 18.1 Å². The Morgan fingerprint density at radius 2 is 1.85 bits per heavy atom. The quantitative estimate of drug-likeness (QED) is 0.816. The third-order valence-electron chi connectivity index (χ3n) is 1.62. The first-order valence-electron chi connectivity index (χ1n) is 3.54. The molecule has 0 bridgehead atoms. The van der Waals surface area contributed by atoms with Gasteiger partial charge in [0.1, 0.15) is 0 Å². The molecule has 1 aromatic rings. The molecule has 0 heterocycles. The number of benzene rings is 1.